The van der Waals surface area contributed by atoms with Crippen LogP contribution in [0.5, 0.6) is 0 Å². The average molecular weight is 456 g/mol. The summed E-state index contributed by atoms with van der Waals surface area (Å²) in [5.74, 6) is -0.392. The van der Waals surface area contributed by atoms with E-state index < -0.39 is 32.1 Å². The van der Waals surface area contributed by atoms with Crippen molar-refractivity contribution in [1.82, 2.24) is 5.32 Å². The van der Waals surface area contributed by atoms with E-state index in [2.05, 4.69) is 50.4 Å². The van der Waals surface area contributed by atoms with Crippen LogP contribution in [0.4, 0.5) is 0 Å². The molecule has 0 bridgehead atoms. The van der Waals surface area contributed by atoms with E-state index in [1.54, 1.807) is 0 Å². The molecule has 1 heterocycles. The molecule has 0 aliphatic carbocycles. The predicted octanol–water partition coefficient (Wildman–Crippen LogP) is 3.00. The van der Waals surface area contributed by atoms with Crippen LogP contribution in [0.2, 0.25) is 5.04 Å². The summed E-state index contributed by atoms with van der Waals surface area (Å²) in [5, 5.41) is 15.4. The number of rotatable bonds is 6. The topological polar surface area (TPSA) is 67.8 Å². The van der Waals surface area contributed by atoms with E-state index in [-0.39, 0.29) is 11.1 Å². The first kappa shape index (κ1) is 24.6. The minimum atomic E-state index is -2.96. The minimum Gasteiger partial charge on any atom is -0.458 e. The Bertz CT molecular complexity index is 850. The van der Waals surface area contributed by atoms with Crippen molar-refractivity contribution in [2.75, 3.05) is 6.54 Å². The minimum absolute atomic E-state index is 0.271. The molecule has 6 heteroatoms. The summed E-state index contributed by atoms with van der Waals surface area (Å²) in [7, 11) is -2.96. The zero-order valence-corrected chi connectivity index (χ0v) is 21.1. The Kier molecular flexibility index (Phi) is 7.30. The van der Waals surface area contributed by atoms with Gasteiger partial charge in [0.1, 0.15) is 5.60 Å². The van der Waals surface area contributed by atoms with Crippen LogP contribution in [-0.2, 0) is 14.0 Å². The van der Waals surface area contributed by atoms with E-state index in [1.807, 2.05) is 57.2 Å². The number of hydrogen-bond acceptors (Lipinski definition) is 5. The number of benzene rings is 2. The molecule has 1 aliphatic heterocycles. The molecular formula is C26H37NO4Si. The zero-order chi connectivity index (χ0) is 23.6. The largest absolute Gasteiger partial charge is 0.458 e. The van der Waals surface area contributed by atoms with Crippen LogP contribution in [0.25, 0.3) is 0 Å². The third kappa shape index (κ3) is 5.31. The molecule has 0 aromatic heterocycles. The normalized spacial score (nSPS) is 20.7. The molecule has 2 aromatic rings. The van der Waals surface area contributed by atoms with Crippen molar-refractivity contribution in [2.45, 2.75) is 76.9 Å². The van der Waals surface area contributed by atoms with Gasteiger partial charge in [0.25, 0.3) is 8.32 Å². The highest BCUT2D eigenvalue weighted by Gasteiger charge is 2.54. The van der Waals surface area contributed by atoms with E-state index in [0.29, 0.717) is 13.0 Å². The molecule has 174 valence electrons. The molecule has 3 atom stereocenters. The summed E-state index contributed by atoms with van der Waals surface area (Å²) < 4.78 is 12.9. The molecule has 5 nitrogen and oxygen atoms in total. The Morgan fingerprint density at radius 2 is 1.47 bits per heavy atom. The van der Waals surface area contributed by atoms with Gasteiger partial charge >= 0.3 is 5.97 Å². The smallest absolute Gasteiger partial charge is 0.336 e. The summed E-state index contributed by atoms with van der Waals surface area (Å²) in [6.07, 6.45) is -0.896. The number of carbonyl (C=O) groups excluding carboxylic acids is 1. The molecule has 2 aromatic carbocycles. The maximum Gasteiger partial charge on any atom is 0.336 e. The fourth-order valence-corrected chi connectivity index (χ4v) is 9.17. The van der Waals surface area contributed by atoms with Gasteiger partial charge < -0.3 is 19.6 Å². The molecule has 0 amide bonds. The van der Waals surface area contributed by atoms with E-state index in [9.17, 15) is 9.90 Å². The molecule has 0 spiro atoms. The Labute approximate surface area is 193 Å². The first-order valence-corrected chi connectivity index (χ1v) is 13.3. The molecule has 0 radical (unpaired) electrons. The third-order valence-electron chi connectivity index (χ3n) is 5.87. The lowest BCUT2D eigenvalue weighted by molar-refractivity contribution is -0.165. The van der Waals surface area contributed by atoms with Crippen LogP contribution in [0.3, 0.4) is 0 Å². The first-order chi connectivity index (χ1) is 14.9. The number of esters is 1. The standard InChI is InChI=1S/C26H37NO4Si/c1-25(2,3)30-24(29)23(22-17-19(28)18-27-22)31-32(26(4,5)6,20-13-9-7-10-14-20)21-15-11-8-12-16-21/h7-16,19,22-23,27-28H,17-18H2,1-6H3/t19-,22-,23?/m0/s1. The molecular weight excluding hydrogens is 418 g/mol. The maximum absolute atomic E-state index is 13.5. The fraction of sp³-hybridized carbons (Fsp3) is 0.500. The number of ether oxygens (including phenoxy) is 1. The van der Waals surface area contributed by atoms with E-state index in [1.165, 1.54) is 0 Å². The summed E-state index contributed by atoms with van der Waals surface area (Å²) in [4.78, 5) is 13.5. The highest BCUT2D eigenvalue weighted by Crippen LogP contribution is 2.38. The Morgan fingerprint density at radius 1 is 0.969 bits per heavy atom. The zero-order valence-electron chi connectivity index (χ0n) is 20.1. The number of β-amino-alcohol motifs (C(OH)–C–C–N with tert-alkyl or cyclic N) is 1. The lowest BCUT2D eigenvalue weighted by Gasteiger charge is -2.45. The van der Waals surface area contributed by atoms with Gasteiger partial charge in [0.2, 0.25) is 0 Å². The van der Waals surface area contributed by atoms with Gasteiger partial charge in [0, 0.05) is 12.6 Å². The number of carbonyl (C=O) groups is 1. The number of nitrogens with one attached hydrogen (secondary N) is 1. The molecule has 1 unspecified atom stereocenters. The van der Waals surface area contributed by atoms with Crippen LogP contribution in [-0.4, -0.2) is 49.8 Å². The lowest BCUT2D eigenvalue weighted by Crippen LogP contribution is -2.69. The first-order valence-electron chi connectivity index (χ1n) is 11.4. The van der Waals surface area contributed by atoms with Gasteiger partial charge in [0.15, 0.2) is 6.10 Å². The Hall–Kier alpha value is -1.99. The quantitative estimate of drug-likeness (QED) is 0.518. The van der Waals surface area contributed by atoms with Crippen molar-refractivity contribution >= 4 is 24.7 Å². The summed E-state index contributed by atoms with van der Waals surface area (Å²) >= 11 is 0. The van der Waals surface area contributed by atoms with Crippen molar-refractivity contribution in [2.24, 2.45) is 0 Å². The van der Waals surface area contributed by atoms with E-state index >= 15 is 0 Å². The highest BCUT2D eigenvalue weighted by molar-refractivity contribution is 6.99. The molecule has 3 rings (SSSR count). The Balaban J connectivity index is 2.16. The van der Waals surface area contributed by atoms with Crippen LogP contribution in [0.15, 0.2) is 60.7 Å². The van der Waals surface area contributed by atoms with Gasteiger partial charge in [0.05, 0.1) is 6.10 Å². The van der Waals surface area contributed by atoms with Crippen LogP contribution >= 0.6 is 0 Å². The number of aliphatic hydroxyl groups is 1. The number of hydrogen-bond donors (Lipinski definition) is 2. The Morgan fingerprint density at radius 3 is 1.84 bits per heavy atom. The van der Waals surface area contributed by atoms with Gasteiger partial charge in [-0.3, -0.25) is 0 Å². The van der Waals surface area contributed by atoms with Crippen molar-refractivity contribution < 1.29 is 19.1 Å². The second kappa shape index (κ2) is 9.47. The van der Waals surface area contributed by atoms with Crippen molar-refractivity contribution in [3.05, 3.63) is 60.7 Å². The van der Waals surface area contributed by atoms with Gasteiger partial charge in [-0.2, -0.15) is 0 Å². The third-order valence-corrected chi connectivity index (χ3v) is 10.9. The lowest BCUT2D eigenvalue weighted by atomic mass is 10.1. The second-order valence-electron chi connectivity index (χ2n) is 10.6. The van der Waals surface area contributed by atoms with Gasteiger partial charge in [-0.1, -0.05) is 81.4 Å². The number of aliphatic hydroxyl groups excluding tert-OH is 1. The highest BCUT2D eigenvalue weighted by atomic mass is 28.4. The molecule has 1 saturated heterocycles. The molecule has 32 heavy (non-hydrogen) atoms. The molecule has 0 saturated carbocycles. The molecule has 1 fully saturated rings. The van der Waals surface area contributed by atoms with E-state index in [4.69, 9.17) is 9.16 Å². The molecule has 2 N–H and O–H groups in total. The molecule has 1 aliphatic rings. The fourth-order valence-electron chi connectivity index (χ4n) is 4.51. The maximum atomic E-state index is 13.5. The van der Waals surface area contributed by atoms with Crippen LogP contribution < -0.4 is 15.7 Å². The SMILES string of the molecule is CC(C)(C)OC(=O)C(O[Si](c1ccccc1)(c1ccccc1)C(C)(C)C)[C@@H]1C[C@H](O)CN1. The van der Waals surface area contributed by atoms with Crippen molar-refractivity contribution in [3.63, 3.8) is 0 Å². The van der Waals surface area contributed by atoms with Gasteiger partial charge in [-0.15, -0.1) is 0 Å². The van der Waals surface area contributed by atoms with E-state index in [0.717, 1.165) is 10.4 Å². The summed E-state index contributed by atoms with van der Waals surface area (Å²) in [5.41, 5.74) is -0.638. The predicted molar refractivity (Wildman–Crippen MR) is 131 cm³/mol. The second-order valence-corrected chi connectivity index (χ2v) is 14.9. The van der Waals surface area contributed by atoms with Gasteiger partial charge in [-0.05, 0) is 42.6 Å². The van der Waals surface area contributed by atoms with Crippen molar-refractivity contribution in [1.29, 1.82) is 0 Å². The summed E-state index contributed by atoms with van der Waals surface area (Å²) in [6.45, 7) is 12.6. The average Bonchev–Trinajstić information content (AvgIpc) is 3.14. The van der Waals surface area contributed by atoms with Crippen LogP contribution in [0.1, 0.15) is 48.0 Å². The van der Waals surface area contributed by atoms with Crippen LogP contribution in [0, 0.1) is 0 Å². The van der Waals surface area contributed by atoms with Crippen molar-refractivity contribution in [3.8, 4) is 0 Å². The monoisotopic (exact) mass is 455 g/mol. The van der Waals surface area contributed by atoms with Gasteiger partial charge in [-0.25, -0.2) is 4.79 Å². The summed E-state index contributed by atoms with van der Waals surface area (Å²) in [6, 6.07) is 20.2.